The van der Waals surface area contributed by atoms with Gasteiger partial charge in [0.1, 0.15) is 11.9 Å². The first kappa shape index (κ1) is 21.7. The Balaban J connectivity index is 1.62. The minimum absolute atomic E-state index is 0.104. The number of nitrogens with zero attached hydrogens (tertiary/aromatic N) is 2. The van der Waals surface area contributed by atoms with Crippen LogP contribution < -0.4 is 4.90 Å². The Labute approximate surface area is 199 Å². The van der Waals surface area contributed by atoms with Crippen molar-refractivity contribution in [2.75, 3.05) is 4.90 Å². The van der Waals surface area contributed by atoms with E-state index in [1.165, 1.54) is 40.5 Å². The number of hydrogen-bond acceptors (Lipinski definition) is 5. The van der Waals surface area contributed by atoms with E-state index in [0.29, 0.717) is 5.52 Å². The number of hydrogen-bond donors (Lipinski definition) is 1. The molecule has 1 aliphatic rings. The molecule has 1 unspecified atom stereocenters. The number of anilines is 1. The lowest BCUT2D eigenvalue weighted by Crippen LogP contribution is -2.31. The monoisotopic (exact) mass is 470 g/mol. The van der Waals surface area contributed by atoms with Crippen LogP contribution >= 0.6 is 11.3 Å². The number of benzene rings is 3. The molecule has 0 saturated carbocycles. The summed E-state index contributed by atoms with van der Waals surface area (Å²) in [7, 11) is 0. The average molecular weight is 471 g/mol. The Bertz CT molecular complexity index is 1490. The summed E-state index contributed by atoms with van der Waals surface area (Å²) in [5.74, 6) is -2.66. The standard InChI is InChI=1S/C27H19FN2O3S/c1-16-11-13-20-22(15-16)34-27(29-20)30-24(18-9-5-6-10-19(18)28)23(25(32)26(30)33)21(31)14-12-17-7-3-2-4-8-17/h2-15,24,32H,1H3/b14-12+. The lowest BCUT2D eigenvalue weighted by atomic mass is 9.95. The van der Waals surface area contributed by atoms with E-state index >= 15 is 0 Å². The molecule has 0 spiro atoms. The van der Waals surface area contributed by atoms with Crippen molar-refractivity contribution in [2.45, 2.75) is 13.0 Å². The minimum atomic E-state index is -1.15. The van der Waals surface area contributed by atoms with Gasteiger partial charge in [0, 0.05) is 5.56 Å². The Hall–Kier alpha value is -4.10. The Kier molecular flexibility index (Phi) is 5.55. The van der Waals surface area contributed by atoms with Crippen LogP contribution in [0, 0.1) is 12.7 Å². The number of amides is 1. The predicted octanol–water partition coefficient (Wildman–Crippen LogP) is 5.93. The fraction of sp³-hybridized carbons (Fsp3) is 0.0741. The molecule has 168 valence electrons. The van der Waals surface area contributed by atoms with Crippen molar-refractivity contribution in [1.82, 2.24) is 4.98 Å². The van der Waals surface area contributed by atoms with Crippen LogP contribution in [-0.2, 0) is 9.59 Å². The summed E-state index contributed by atoms with van der Waals surface area (Å²) in [6, 6.07) is 19.6. The zero-order valence-corrected chi connectivity index (χ0v) is 18.9. The molecule has 2 heterocycles. The molecular weight excluding hydrogens is 451 g/mol. The second kappa shape index (κ2) is 8.68. The van der Waals surface area contributed by atoms with Crippen molar-refractivity contribution < 1.29 is 19.1 Å². The van der Waals surface area contributed by atoms with Crippen molar-refractivity contribution in [3.63, 3.8) is 0 Å². The molecule has 5 nitrogen and oxygen atoms in total. The predicted molar refractivity (Wildman–Crippen MR) is 131 cm³/mol. The van der Waals surface area contributed by atoms with Gasteiger partial charge in [-0.2, -0.15) is 0 Å². The Morgan fingerprint density at radius 1 is 1.09 bits per heavy atom. The van der Waals surface area contributed by atoms with E-state index in [0.717, 1.165) is 15.8 Å². The molecule has 7 heteroatoms. The van der Waals surface area contributed by atoms with Crippen LogP contribution in [0.2, 0.25) is 0 Å². The van der Waals surface area contributed by atoms with Crippen LogP contribution in [0.15, 0.2) is 90.2 Å². The van der Waals surface area contributed by atoms with Gasteiger partial charge >= 0.3 is 0 Å². The molecule has 34 heavy (non-hydrogen) atoms. The van der Waals surface area contributed by atoms with Gasteiger partial charge in [0.15, 0.2) is 16.7 Å². The van der Waals surface area contributed by atoms with Gasteiger partial charge in [0.2, 0.25) is 0 Å². The van der Waals surface area contributed by atoms with Gasteiger partial charge in [0.05, 0.1) is 15.8 Å². The molecule has 1 aromatic heterocycles. The van der Waals surface area contributed by atoms with E-state index < -0.39 is 29.3 Å². The average Bonchev–Trinajstić information content (AvgIpc) is 3.36. The Morgan fingerprint density at radius 2 is 1.82 bits per heavy atom. The number of aryl methyl sites for hydroxylation is 1. The van der Waals surface area contributed by atoms with Crippen molar-refractivity contribution in [1.29, 1.82) is 0 Å². The summed E-state index contributed by atoms with van der Waals surface area (Å²) in [6.45, 7) is 1.95. The molecule has 0 bridgehead atoms. The molecule has 1 amide bonds. The fourth-order valence-corrected chi connectivity index (χ4v) is 5.08. The number of thiazole rings is 1. The highest BCUT2D eigenvalue weighted by molar-refractivity contribution is 7.22. The summed E-state index contributed by atoms with van der Waals surface area (Å²) in [5.41, 5.74) is 2.41. The summed E-state index contributed by atoms with van der Waals surface area (Å²) in [5, 5.41) is 11.1. The quantitative estimate of drug-likeness (QED) is 0.367. The van der Waals surface area contributed by atoms with Gasteiger partial charge in [-0.15, -0.1) is 0 Å². The van der Waals surface area contributed by atoms with E-state index in [-0.39, 0.29) is 16.3 Å². The normalized spacial score (nSPS) is 16.2. The third kappa shape index (κ3) is 3.80. The van der Waals surface area contributed by atoms with E-state index in [9.17, 15) is 19.1 Å². The third-order valence-electron chi connectivity index (χ3n) is 5.64. The third-order valence-corrected chi connectivity index (χ3v) is 6.66. The van der Waals surface area contributed by atoms with E-state index in [2.05, 4.69) is 4.98 Å². The maximum absolute atomic E-state index is 14.9. The second-order valence-electron chi connectivity index (χ2n) is 7.94. The molecule has 1 aliphatic heterocycles. The van der Waals surface area contributed by atoms with Gasteiger partial charge in [0.25, 0.3) is 5.91 Å². The number of aliphatic hydroxyl groups excluding tert-OH is 1. The number of fused-ring (bicyclic) bond motifs is 1. The molecule has 0 saturated heterocycles. The molecule has 0 aliphatic carbocycles. The van der Waals surface area contributed by atoms with Crippen LogP contribution in [0.3, 0.4) is 0 Å². The van der Waals surface area contributed by atoms with Crippen molar-refractivity contribution >= 4 is 44.5 Å². The number of ketones is 1. The molecule has 1 atom stereocenters. The van der Waals surface area contributed by atoms with Gasteiger partial charge in [-0.3, -0.25) is 14.5 Å². The number of halogens is 1. The van der Waals surface area contributed by atoms with Crippen molar-refractivity contribution in [3.05, 3.63) is 113 Å². The lowest BCUT2D eigenvalue weighted by Gasteiger charge is -2.24. The highest BCUT2D eigenvalue weighted by atomic mass is 32.1. The number of carbonyl (C=O) groups is 2. The summed E-state index contributed by atoms with van der Waals surface area (Å²) in [4.78, 5) is 32.2. The number of aliphatic hydroxyl groups is 1. The number of carbonyl (C=O) groups excluding carboxylic acids is 2. The largest absolute Gasteiger partial charge is 0.503 e. The summed E-state index contributed by atoms with van der Waals surface area (Å²) in [6.07, 6.45) is 2.88. The highest BCUT2D eigenvalue weighted by Gasteiger charge is 2.46. The smallest absolute Gasteiger partial charge is 0.296 e. The maximum atomic E-state index is 14.9. The molecule has 1 N–H and O–H groups in total. The summed E-state index contributed by atoms with van der Waals surface area (Å²) >= 11 is 1.25. The van der Waals surface area contributed by atoms with E-state index in [1.807, 2.05) is 55.5 Å². The van der Waals surface area contributed by atoms with Crippen molar-refractivity contribution in [2.24, 2.45) is 0 Å². The molecule has 0 fully saturated rings. The summed E-state index contributed by atoms with van der Waals surface area (Å²) < 4.78 is 15.8. The fourth-order valence-electron chi connectivity index (χ4n) is 3.99. The van der Waals surface area contributed by atoms with Crippen LogP contribution in [-0.4, -0.2) is 21.8 Å². The zero-order chi connectivity index (χ0) is 23.8. The van der Waals surface area contributed by atoms with Crippen molar-refractivity contribution in [3.8, 4) is 0 Å². The van der Waals surface area contributed by atoms with E-state index in [1.54, 1.807) is 12.1 Å². The molecule has 3 aromatic carbocycles. The van der Waals surface area contributed by atoms with Crippen LogP contribution in [0.5, 0.6) is 0 Å². The lowest BCUT2D eigenvalue weighted by molar-refractivity contribution is -0.117. The first-order chi connectivity index (χ1) is 16.4. The zero-order valence-electron chi connectivity index (χ0n) is 18.1. The molecule has 4 aromatic rings. The SMILES string of the molecule is Cc1ccc2nc(N3C(=O)C(O)=C(C(=O)/C=C/c4ccccc4)C3c3ccccc3F)sc2c1. The van der Waals surface area contributed by atoms with Crippen LogP contribution in [0.4, 0.5) is 9.52 Å². The number of allylic oxidation sites excluding steroid dienone is 1. The highest BCUT2D eigenvalue weighted by Crippen LogP contribution is 2.44. The van der Waals surface area contributed by atoms with Crippen LogP contribution in [0.1, 0.15) is 22.7 Å². The topological polar surface area (TPSA) is 70.5 Å². The number of rotatable bonds is 5. The van der Waals surface area contributed by atoms with Crippen LogP contribution in [0.25, 0.3) is 16.3 Å². The Morgan fingerprint density at radius 3 is 2.59 bits per heavy atom. The van der Waals surface area contributed by atoms with Gasteiger partial charge < -0.3 is 5.11 Å². The molecular formula is C27H19FN2O3S. The second-order valence-corrected chi connectivity index (χ2v) is 8.95. The van der Waals surface area contributed by atoms with Gasteiger partial charge in [-0.1, -0.05) is 72.0 Å². The van der Waals surface area contributed by atoms with Gasteiger partial charge in [-0.25, -0.2) is 9.37 Å². The van der Waals surface area contributed by atoms with E-state index in [4.69, 9.17) is 0 Å². The number of aromatic nitrogens is 1. The molecule has 5 rings (SSSR count). The minimum Gasteiger partial charge on any atom is -0.503 e. The molecule has 0 radical (unpaired) electrons. The first-order valence-corrected chi connectivity index (χ1v) is 11.4. The maximum Gasteiger partial charge on any atom is 0.296 e. The first-order valence-electron chi connectivity index (χ1n) is 10.6. The van der Waals surface area contributed by atoms with Gasteiger partial charge in [-0.05, 0) is 42.3 Å².